The monoisotopic (exact) mass is 501 g/mol. The van der Waals surface area contributed by atoms with Crippen molar-refractivity contribution in [1.82, 2.24) is 14.9 Å². The second-order valence-electron chi connectivity index (χ2n) is 7.52. The van der Waals surface area contributed by atoms with Gasteiger partial charge in [-0.25, -0.2) is 9.97 Å². The minimum Gasteiger partial charge on any atom is -0.480 e. The van der Waals surface area contributed by atoms with Crippen molar-refractivity contribution in [2.45, 2.75) is 36.1 Å². The first-order valence-corrected chi connectivity index (χ1v) is 11.6. The van der Waals surface area contributed by atoms with Crippen LogP contribution in [0.4, 0.5) is 13.2 Å². The van der Waals surface area contributed by atoms with E-state index >= 15 is 0 Å². The molecule has 1 aromatic carbocycles. The van der Waals surface area contributed by atoms with E-state index in [-0.39, 0.29) is 16.5 Å². The molecule has 33 heavy (non-hydrogen) atoms. The maximum absolute atomic E-state index is 12.3. The quantitative estimate of drug-likeness (QED) is 0.498. The lowest BCUT2D eigenvalue weighted by atomic mass is 10.1. The number of carbonyl (C=O) groups is 1. The lowest BCUT2D eigenvalue weighted by molar-refractivity contribution is -0.274. The van der Waals surface area contributed by atoms with Crippen LogP contribution in [0.5, 0.6) is 11.8 Å². The Bertz CT molecular complexity index is 999. The fourth-order valence-electron chi connectivity index (χ4n) is 2.73. The molecule has 0 saturated heterocycles. The highest BCUT2D eigenvalue weighted by Crippen LogP contribution is 2.43. The number of carboxylic acid groups (broad SMARTS) is 1. The predicted molar refractivity (Wildman–Crippen MR) is 121 cm³/mol. The third-order valence-corrected chi connectivity index (χ3v) is 7.50. The molecule has 1 N–H and O–H groups in total. The Morgan fingerprint density at radius 2 is 1.82 bits per heavy atom. The van der Waals surface area contributed by atoms with Crippen molar-refractivity contribution in [3.05, 3.63) is 47.8 Å². The normalized spacial score (nSPS) is 16.5. The molecule has 2 aromatic rings. The number of halogens is 3. The molecule has 0 aliphatic carbocycles. The maximum atomic E-state index is 12.3. The Labute approximate surface area is 197 Å². The van der Waals surface area contributed by atoms with E-state index in [4.69, 9.17) is 4.74 Å². The Kier molecular flexibility index (Phi) is 7.68. The van der Waals surface area contributed by atoms with Crippen LogP contribution in [0.2, 0.25) is 0 Å². The summed E-state index contributed by atoms with van der Waals surface area (Å²) in [6.07, 6.45) is -1.08. The number of thioether (sulfide) groups is 2. The second-order valence-corrected chi connectivity index (χ2v) is 10.5. The third kappa shape index (κ3) is 6.94. The van der Waals surface area contributed by atoms with Gasteiger partial charge in [-0.1, -0.05) is 23.9 Å². The van der Waals surface area contributed by atoms with Gasteiger partial charge in [-0.2, -0.15) is 0 Å². The van der Waals surface area contributed by atoms with Gasteiger partial charge in [0.2, 0.25) is 0 Å². The van der Waals surface area contributed by atoms with E-state index in [1.807, 2.05) is 17.4 Å². The number of aliphatic carboxylic acids is 1. The van der Waals surface area contributed by atoms with E-state index in [2.05, 4.69) is 14.7 Å². The van der Waals surface area contributed by atoms with Crippen LogP contribution in [0.15, 0.2) is 47.8 Å². The number of rotatable bonds is 9. The number of alkyl halides is 3. The van der Waals surface area contributed by atoms with Crippen molar-refractivity contribution in [1.29, 1.82) is 0 Å². The summed E-state index contributed by atoms with van der Waals surface area (Å²) in [5, 5.41) is 11.3. The van der Waals surface area contributed by atoms with Crippen LogP contribution < -0.4 is 9.47 Å². The van der Waals surface area contributed by atoms with E-state index in [9.17, 15) is 23.1 Å². The molecule has 0 fully saturated rings. The van der Waals surface area contributed by atoms with Crippen molar-refractivity contribution in [2.24, 2.45) is 0 Å². The average molecular weight is 502 g/mol. The van der Waals surface area contributed by atoms with Crippen LogP contribution in [0, 0.1) is 0 Å². The molecule has 7 nitrogen and oxygen atoms in total. The van der Waals surface area contributed by atoms with Gasteiger partial charge in [-0.15, -0.1) is 24.9 Å². The van der Waals surface area contributed by atoms with Crippen molar-refractivity contribution in [3.63, 3.8) is 0 Å². The topological polar surface area (TPSA) is 84.8 Å². The number of benzene rings is 1. The van der Waals surface area contributed by atoms with Gasteiger partial charge in [0, 0.05) is 37.1 Å². The summed E-state index contributed by atoms with van der Waals surface area (Å²) < 4.78 is 45.3. The van der Waals surface area contributed by atoms with Gasteiger partial charge in [0.1, 0.15) is 15.2 Å². The third-order valence-electron chi connectivity index (χ3n) is 4.64. The zero-order valence-electron chi connectivity index (χ0n) is 18.0. The Morgan fingerprint density at radius 3 is 2.39 bits per heavy atom. The number of nitrogens with zero attached hydrogens (tertiary/aromatic N) is 3. The van der Waals surface area contributed by atoms with Crippen LogP contribution in [0.3, 0.4) is 0 Å². The Balaban J connectivity index is 1.49. The number of hydrogen-bond donors (Lipinski definition) is 1. The molecule has 1 atom stereocenters. The van der Waals surface area contributed by atoms with Gasteiger partial charge in [0.15, 0.2) is 0 Å². The summed E-state index contributed by atoms with van der Waals surface area (Å²) >= 11 is 2.93. The average Bonchev–Trinajstić information content (AvgIpc) is 3.07. The summed E-state index contributed by atoms with van der Waals surface area (Å²) in [6.45, 7) is 3.70. The number of hydrogen-bond acceptors (Lipinski definition) is 8. The Morgan fingerprint density at radius 1 is 1.18 bits per heavy atom. The molecule has 0 saturated carbocycles. The van der Waals surface area contributed by atoms with Crippen molar-refractivity contribution in [2.75, 3.05) is 13.7 Å². The molecule has 2 heterocycles. The molecule has 1 unspecified atom stereocenters. The van der Waals surface area contributed by atoms with Gasteiger partial charge in [0.05, 0.1) is 6.61 Å². The first-order chi connectivity index (χ1) is 15.4. The molecular formula is C21H22F3N3O4S2. The van der Waals surface area contributed by atoms with E-state index < -0.39 is 17.1 Å². The van der Waals surface area contributed by atoms with E-state index in [0.29, 0.717) is 24.2 Å². The lowest BCUT2D eigenvalue weighted by Gasteiger charge is -2.29. The van der Waals surface area contributed by atoms with E-state index in [0.717, 1.165) is 5.70 Å². The largest absolute Gasteiger partial charge is 0.573 e. The van der Waals surface area contributed by atoms with Gasteiger partial charge < -0.3 is 19.5 Å². The molecule has 0 spiro atoms. The number of aromatic nitrogens is 2. The first kappa shape index (κ1) is 25.0. The molecular weight excluding hydrogens is 479 g/mol. The molecule has 0 bridgehead atoms. The predicted octanol–water partition coefficient (Wildman–Crippen LogP) is 5.21. The molecule has 3 rings (SSSR count). The molecule has 1 aliphatic heterocycles. The highest BCUT2D eigenvalue weighted by Gasteiger charge is 2.35. The van der Waals surface area contributed by atoms with Crippen molar-refractivity contribution >= 4 is 29.5 Å². The van der Waals surface area contributed by atoms with Crippen LogP contribution in [0.25, 0.3) is 11.1 Å². The molecule has 12 heteroatoms. The first-order valence-electron chi connectivity index (χ1n) is 9.74. The van der Waals surface area contributed by atoms with Crippen LogP contribution in [0.1, 0.15) is 20.3 Å². The second kappa shape index (κ2) is 10.1. The lowest BCUT2D eigenvalue weighted by Crippen LogP contribution is -2.33. The highest BCUT2D eigenvalue weighted by molar-refractivity contribution is 8.19. The Hall–Kier alpha value is -2.60. The molecule has 0 amide bonds. The van der Waals surface area contributed by atoms with E-state index in [1.54, 1.807) is 25.6 Å². The summed E-state index contributed by atoms with van der Waals surface area (Å²) in [5.74, 6) is -1.16. The summed E-state index contributed by atoms with van der Waals surface area (Å²) in [6, 6.07) is 5.60. The van der Waals surface area contributed by atoms with Gasteiger partial charge in [-0.3, -0.25) is 4.79 Å². The van der Waals surface area contributed by atoms with Crippen LogP contribution in [-0.2, 0) is 4.79 Å². The number of carboxylic acids is 1. The van der Waals surface area contributed by atoms with Gasteiger partial charge in [-0.05, 0) is 37.0 Å². The van der Waals surface area contributed by atoms with E-state index in [1.165, 1.54) is 48.4 Å². The summed E-state index contributed by atoms with van der Waals surface area (Å²) in [4.78, 5) is 21.7. The molecule has 178 valence electrons. The molecule has 1 aliphatic rings. The fourth-order valence-corrected chi connectivity index (χ4v) is 5.61. The highest BCUT2D eigenvalue weighted by atomic mass is 32.2. The minimum absolute atomic E-state index is 0.0328. The standard InChI is InChI=1S/C21H22F3N3O4S2/c1-20(2,17(28)29)33-19-27(3)15(12-32-19)8-9-30-18-25-10-14(11-26-18)13-4-6-16(7-5-13)31-21(22,23)24/h4-7,10-12,19H,8-9H2,1-3H3,(H,28,29). The molecule has 1 aromatic heterocycles. The van der Waals surface area contributed by atoms with Crippen LogP contribution in [-0.4, -0.2) is 55.4 Å². The number of ether oxygens (including phenoxy) is 2. The van der Waals surface area contributed by atoms with Crippen LogP contribution >= 0.6 is 23.5 Å². The van der Waals surface area contributed by atoms with Gasteiger partial charge >= 0.3 is 18.3 Å². The molecule has 0 radical (unpaired) electrons. The zero-order valence-corrected chi connectivity index (χ0v) is 19.6. The van der Waals surface area contributed by atoms with Crippen molar-refractivity contribution < 1.29 is 32.5 Å². The summed E-state index contributed by atoms with van der Waals surface area (Å²) in [5.41, 5.74) is 2.28. The zero-order chi connectivity index (χ0) is 24.2. The SMILES string of the molecule is CN1C(CCOc2ncc(-c3ccc(OC(F)(F)F)cc3)cn2)=CSC1SC(C)(C)C(=O)O. The fraction of sp³-hybridized carbons (Fsp3) is 0.381. The van der Waals surface area contributed by atoms with Crippen molar-refractivity contribution in [3.8, 4) is 22.9 Å². The summed E-state index contributed by atoms with van der Waals surface area (Å²) in [7, 11) is 1.91. The minimum atomic E-state index is -4.74. The maximum Gasteiger partial charge on any atom is 0.573 e. The smallest absolute Gasteiger partial charge is 0.480 e. The van der Waals surface area contributed by atoms with Gasteiger partial charge in [0.25, 0.3) is 0 Å².